The number of aliphatic hydroxyl groups excluding tert-OH is 1. The van der Waals surface area contributed by atoms with E-state index in [1.54, 1.807) is 6.07 Å². The third-order valence-electron chi connectivity index (χ3n) is 5.41. The predicted molar refractivity (Wildman–Crippen MR) is 123 cm³/mol. The average Bonchev–Trinajstić information content (AvgIpc) is 3.12. The van der Waals surface area contributed by atoms with Gasteiger partial charge in [0.05, 0.1) is 18.7 Å². The lowest BCUT2D eigenvalue weighted by molar-refractivity contribution is -0.137. The number of benzene rings is 1. The fourth-order valence-electron chi connectivity index (χ4n) is 3.41. The van der Waals surface area contributed by atoms with Gasteiger partial charge >= 0.3 is 6.18 Å². The number of hydrogen-bond donors (Lipinski definition) is 3. The maximum absolute atomic E-state index is 13.0. The molecule has 1 atom stereocenters. The molecule has 5 nitrogen and oxygen atoms in total. The summed E-state index contributed by atoms with van der Waals surface area (Å²) >= 11 is 0. The van der Waals surface area contributed by atoms with Gasteiger partial charge in [0, 0.05) is 37.1 Å². The zero-order valence-corrected chi connectivity index (χ0v) is 20.1. The van der Waals surface area contributed by atoms with Gasteiger partial charge in [-0.25, -0.2) is 0 Å². The second-order valence-electron chi connectivity index (χ2n) is 8.29. The topological polar surface area (TPSA) is 65.9 Å². The van der Waals surface area contributed by atoms with E-state index in [2.05, 4.69) is 15.6 Å². The smallest absolute Gasteiger partial charge is 0.396 e. The van der Waals surface area contributed by atoms with Gasteiger partial charge in [0.2, 0.25) is 0 Å². The third kappa shape index (κ3) is 7.56. The average molecular weight is 543 g/mol. The normalized spacial score (nSPS) is 20.0. The molecule has 1 unspecified atom stereocenters. The van der Waals surface area contributed by atoms with Crippen molar-refractivity contribution in [3.05, 3.63) is 35.4 Å². The molecule has 30 heavy (non-hydrogen) atoms. The number of aliphatic imine (C=N–C) groups is 1. The van der Waals surface area contributed by atoms with E-state index in [4.69, 9.17) is 4.74 Å². The molecule has 1 aliphatic rings. The largest absolute Gasteiger partial charge is 0.416 e. The molecule has 3 N–H and O–H groups in total. The van der Waals surface area contributed by atoms with Crippen molar-refractivity contribution in [2.75, 3.05) is 39.5 Å². The SMILES string of the molecule is CCNC(=NCC(C)(C)c1cccc(C(F)(F)F)c1)NCC1(CCO)CCOC1.I. The van der Waals surface area contributed by atoms with Crippen LogP contribution in [-0.2, 0) is 16.3 Å². The maximum Gasteiger partial charge on any atom is 0.416 e. The van der Waals surface area contributed by atoms with E-state index in [0.717, 1.165) is 12.5 Å². The third-order valence-corrected chi connectivity index (χ3v) is 5.41. The van der Waals surface area contributed by atoms with Crippen LogP contribution in [0.25, 0.3) is 0 Å². The fraction of sp³-hybridized carbons (Fsp3) is 0.667. The summed E-state index contributed by atoms with van der Waals surface area (Å²) in [6, 6.07) is 5.42. The highest BCUT2D eigenvalue weighted by Gasteiger charge is 2.35. The first-order chi connectivity index (χ1) is 13.6. The van der Waals surface area contributed by atoms with Gasteiger partial charge in [-0.2, -0.15) is 13.2 Å². The highest BCUT2D eigenvalue weighted by molar-refractivity contribution is 14.0. The summed E-state index contributed by atoms with van der Waals surface area (Å²) in [6.45, 7) is 8.70. The summed E-state index contributed by atoms with van der Waals surface area (Å²) < 4.78 is 44.6. The number of halogens is 4. The number of aliphatic hydroxyl groups is 1. The Morgan fingerprint density at radius 1 is 1.23 bits per heavy atom. The molecule has 0 amide bonds. The van der Waals surface area contributed by atoms with E-state index in [1.165, 1.54) is 12.1 Å². The Kier molecular flexibility index (Phi) is 10.4. The Balaban J connectivity index is 0.00000450. The lowest BCUT2D eigenvalue weighted by Gasteiger charge is -2.28. The molecule has 1 saturated heterocycles. The zero-order valence-electron chi connectivity index (χ0n) is 17.8. The molecule has 0 aromatic heterocycles. The Hall–Kier alpha value is -1.07. The number of guanidine groups is 1. The lowest BCUT2D eigenvalue weighted by atomic mass is 9.83. The maximum atomic E-state index is 13.0. The number of nitrogens with zero attached hydrogens (tertiary/aromatic N) is 1. The van der Waals surface area contributed by atoms with Crippen molar-refractivity contribution >= 4 is 29.9 Å². The molecule has 9 heteroatoms. The molecule has 2 rings (SSSR count). The molecule has 172 valence electrons. The van der Waals surface area contributed by atoms with Crippen LogP contribution in [0.3, 0.4) is 0 Å². The van der Waals surface area contributed by atoms with Crippen LogP contribution in [0.5, 0.6) is 0 Å². The van der Waals surface area contributed by atoms with E-state index in [-0.39, 0.29) is 36.0 Å². The van der Waals surface area contributed by atoms with Crippen molar-refractivity contribution in [1.82, 2.24) is 10.6 Å². The van der Waals surface area contributed by atoms with Gasteiger partial charge in [0.25, 0.3) is 0 Å². The van der Waals surface area contributed by atoms with Gasteiger partial charge < -0.3 is 20.5 Å². The van der Waals surface area contributed by atoms with Crippen molar-refractivity contribution in [3.63, 3.8) is 0 Å². The molecule has 1 fully saturated rings. The summed E-state index contributed by atoms with van der Waals surface area (Å²) in [7, 11) is 0. The summed E-state index contributed by atoms with van der Waals surface area (Å²) in [6.07, 6.45) is -2.85. The first-order valence-corrected chi connectivity index (χ1v) is 10.0. The van der Waals surface area contributed by atoms with Crippen LogP contribution in [0.4, 0.5) is 13.2 Å². The molecule has 1 aromatic carbocycles. The van der Waals surface area contributed by atoms with Crippen molar-refractivity contribution in [1.29, 1.82) is 0 Å². The van der Waals surface area contributed by atoms with E-state index in [0.29, 0.717) is 50.8 Å². The Labute approximate surface area is 193 Å². The van der Waals surface area contributed by atoms with Crippen molar-refractivity contribution < 1.29 is 23.0 Å². The summed E-state index contributed by atoms with van der Waals surface area (Å²) in [5, 5.41) is 15.9. The van der Waals surface area contributed by atoms with E-state index >= 15 is 0 Å². The minimum atomic E-state index is -4.36. The molecule has 0 radical (unpaired) electrons. The summed E-state index contributed by atoms with van der Waals surface area (Å²) in [5.41, 5.74) is -0.748. The van der Waals surface area contributed by atoms with Gasteiger partial charge in [-0.05, 0) is 31.4 Å². The first-order valence-electron chi connectivity index (χ1n) is 10.0. The van der Waals surface area contributed by atoms with Crippen LogP contribution in [0.1, 0.15) is 44.7 Å². The molecule has 0 aliphatic carbocycles. The molecular weight excluding hydrogens is 510 g/mol. The van der Waals surface area contributed by atoms with Crippen molar-refractivity contribution in [3.8, 4) is 0 Å². The van der Waals surface area contributed by atoms with Crippen molar-refractivity contribution in [2.45, 2.75) is 45.2 Å². The highest BCUT2D eigenvalue weighted by Crippen LogP contribution is 2.33. The number of hydrogen-bond acceptors (Lipinski definition) is 3. The fourth-order valence-corrected chi connectivity index (χ4v) is 3.41. The Morgan fingerprint density at radius 2 is 1.93 bits per heavy atom. The molecular formula is C21H33F3IN3O2. The van der Waals surface area contributed by atoms with Gasteiger partial charge in [-0.1, -0.05) is 32.0 Å². The predicted octanol–water partition coefficient (Wildman–Crippen LogP) is 3.95. The standard InChI is InChI=1S/C21H32F3N3O2.HI/c1-4-25-18(27-14-20(8-10-28)9-11-29-15-20)26-13-19(2,3)16-6-5-7-17(12-16)21(22,23)24;/h5-7,12,28H,4,8-11,13-15H2,1-3H3,(H2,25,26,27);1H. The number of rotatable bonds is 8. The lowest BCUT2D eigenvalue weighted by Crippen LogP contribution is -2.45. The molecule has 1 heterocycles. The molecule has 0 bridgehead atoms. The van der Waals surface area contributed by atoms with E-state index in [9.17, 15) is 18.3 Å². The van der Waals surface area contributed by atoms with Crippen LogP contribution in [-0.4, -0.2) is 50.5 Å². The number of nitrogens with one attached hydrogen (secondary N) is 2. The Bertz CT molecular complexity index is 690. The van der Waals surface area contributed by atoms with E-state index in [1.807, 2.05) is 20.8 Å². The Morgan fingerprint density at radius 3 is 2.50 bits per heavy atom. The van der Waals surface area contributed by atoms with Crippen LogP contribution < -0.4 is 10.6 Å². The number of ether oxygens (including phenoxy) is 1. The number of alkyl halides is 3. The van der Waals surface area contributed by atoms with Crippen LogP contribution in [0.15, 0.2) is 29.3 Å². The molecule has 1 aromatic rings. The summed E-state index contributed by atoms with van der Waals surface area (Å²) in [4.78, 5) is 4.62. The van der Waals surface area contributed by atoms with Gasteiger partial charge in [-0.3, -0.25) is 4.99 Å². The van der Waals surface area contributed by atoms with E-state index < -0.39 is 17.2 Å². The minimum absolute atomic E-state index is 0. The van der Waals surface area contributed by atoms with Crippen LogP contribution >= 0.6 is 24.0 Å². The quantitative estimate of drug-likeness (QED) is 0.264. The van der Waals surface area contributed by atoms with Crippen molar-refractivity contribution in [2.24, 2.45) is 10.4 Å². The van der Waals surface area contributed by atoms with Crippen LogP contribution in [0.2, 0.25) is 0 Å². The second kappa shape index (κ2) is 11.5. The highest BCUT2D eigenvalue weighted by atomic mass is 127. The second-order valence-corrected chi connectivity index (χ2v) is 8.29. The molecule has 1 aliphatic heterocycles. The van der Waals surface area contributed by atoms with Gasteiger partial charge in [0.15, 0.2) is 5.96 Å². The minimum Gasteiger partial charge on any atom is -0.396 e. The summed E-state index contributed by atoms with van der Waals surface area (Å²) in [5.74, 6) is 0.608. The molecule has 0 spiro atoms. The first kappa shape index (κ1) is 27.0. The zero-order chi connectivity index (χ0) is 21.5. The molecule has 0 saturated carbocycles. The van der Waals surface area contributed by atoms with Gasteiger partial charge in [-0.15, -0.1) is 24.0 Å². The monoisotopic (exact) mass is 543 g/mol. The van der Waals surface area contributed by atoms with Gasteiger partial charge in [0.1, 0.15) is 0 Å². The van der Waals surface area contributed by atoms with Crippen LogP contribution in [0, 0.1) is 5.41 Å².